The lowest BCUT2D eigenvalue weighted by atomic mass is 10.1. The molecule has 0 atom stereocenters. The molecule has 0 saturated heterocycles. The Kier molecular flexibility index (Phi) is 5.30. The summed E-state index contributed by atoms with van der Waals surface area (Å²) >= 11 is 8.37. The molecule has 0 radical (unpaired) electrons. The van der Waals surface area contributed by atoms with E-state index in [1.54, 1.807) is 25.1 Å². The Morgan fingerprint density at radius 1 is 1.33 bits per heavy atom. The zero-order valence-electron chi connectivity index (χ0n) is 11.3. The van der Waals surface area contributed by atoms with Gasteiger partial charge in [-0.1, -0.05) is 17.7 Å². The van der Waals surface area contributed by atoms with Crippen LogP contribution in [0.25, 0.3) is 0 Å². The highest BCUT2D eigenvalue weighted by molar-refractivity contribution is 14.1. The first-order chi connectivity index (χ1) is 10.0. The Morgan fingerprint density at radius 3 is 2.76 bits per heavy atom. The number of benzene rings is 2. The van der Waals surface area contributed by atoms with Crippen molar-refractivity contribution in [2.24, 2.45) is 0 Å². The SMILES string of the molecule is CCOC(=O)c1cccc(Nc2ccc(I)cc2Cl)c1N. The van der Waals surface area contributed by atoms with Crippen LogP contribution < -0.4 is 11.1 Å². The number of carbonyl (C=O) groups excluding carboxylic acids is 1. The first-order valence-corrected chi connectivity index (χ1v) is 7.76. The van der Waals surface area contributed by atoms with Gasteiger partial charge in [0.2, 0.25) is 0 Å². The van der Waals surface area contributed by atoms with E-state index in [0.29, 0.717) is 28.6 Å². The predicted molar refractivity (Wildman–Crippen MR) is 94.3 cm³/mol. The minimum absolute atomic E-state index is 0.304. The van der Waals surface area contributed by atoms with Crippen LogP contribution in [0.15, 0.2) is 36.4 Å². The highest BCUT2D eigenvalue weighted by Gasteiger charge is 2.14. The summed E-state index contributed by atoms with van der Waals surface area (Å²) in [5.74, 6) is -0.438. The number of rotatable bonds is 4. The second kappa shape index (κ2) is 7.00. The van der Waals surface area contributed by atoms with Crippen molar-refractivity contribution in [2.75, 3.05) is 17.7 Å². The van der Waals surface area contributed by atoms with Crippen molar-refractivity contribution >= 4 is 57.2 Å². The third-order valence-electron chi connectivity index (χ3n) is 2.80. The van der Waals surface area contributed by atoms with E-state index >= 15 is 0 Å². The number of hydrogen-bond acceptors (Lipinski definition) is 4. The van der Waals surface area contributed by atoms with E-state index in [1.165, 1.54) is 0 Å². The maximum absolute atomic E-state index is 11.8. The van der Waals surface area contributed by atoms with Gasteiger partial charge in [-0.3, -0.25) is 0 Å². The number of ether oxygens (including phenoxy) is 1. The molecule has 4 nitrogen and oxygen atoms in total. The molecule has 0 aliphatic rings. The van der Waals surface area contributed by atoms with Crippen molar-refractivity contribution in [3.63, 3.8) is 0 Å². The molecule has 6 heteroatoms. The highest BCUT2D eigenvalue weighted by atomic mass is 127. The Bertz CT molecular complexity index is 677. The summed E-state index contributed by atoms with van der Waals surface area (Å²) in [5, 5.41) is 3.72. The zero-order valence-corrected chi connectivity index (χ0v) is 14.2. The largest absolute Gasteiger partial charge is 0.462 e. The molecule has 3 N–H and O–H groups in total. The van der Waals surface area contributed by atoms with Crippen molar-refractivity contribution in [1.82, 2.24) is 0 Å². The molecule has 2 aromatic rings. The van der Waals surface area contributed by atoms with Gasteiger partial charge in [-0.25, -0.2) is 4.79 Å². The molecular weight excluding hydrogens is 403 g/mol. The summed E-state index contributed by atoms with van der Waals surface area (Å²) in [6, 6.07) is 10.8. The van der Waals surface area contributed by atoms with Crippen molar-refractivity contribution in [1.29, 1.82) is 0 Å². The molecule has 0 heterocycles. The van der Waals surface area contributed by atoms with Gasteiger partial charge in [0, 0.05) is 3.57 Å². The van der Waals surface area contributed by atoms with Gasteiger partial charge in [0.1, 0.15) is 0 Å². The topological polar surface area (TPSA) is 64.3 Å². The summed E-state index contributed by atoms with van der Waals surface area (Å²) in [6.07, 6.45) is 0. The van der Waals surface area contributed by atoms with Crippen LogP contribution in [0, 0.1) is 3.57 Å². The fourth-order valence-corrected chi connectivity index (χ4v) is 2.70. The number of anilines is 3. The quantitative estimate of drug-likeness (QED) is 0.439. The average molecular weight is 417 g/mol. The maximum atomic E-state index is 11.8. The van der Waals surface area contributed by atoms with E-state index in [-0.39, 0.29) is 0 Å². The number of carbonyl (C=O) groups is 1. The minimum atomic E-state index is -0.438. The summed E-state index contributed by atoms with van der Waals surface area (Å²) in [4.78, 5) is 11.8. The molecule has 0 aliphatic heterocycles. The predicted octanol–water partition coefficient (Wildman–Crippen LogP) is 4.45. The first-order valence-electron chi connectivity index (χ1n) is 6.30. The van der Waals surface area contributed by atoms with Gasteiger partial charge in [0.25, 0.3) is 0 Å². The molecular formula is C15H14ClIN2O2. The van der Waals surface area contributed by atoms with Gasteiger partial charge in [0.15, 0.2) is 0 Å². The third-order valence-corrected chi connectivity index (χ3v) is 3.79. The van der Waals surface area contributed by atoms with Gasteiger partial charge in [-0.2, -0.15) is 0 Å². The first kappa shape index (κ1) is 15.9. The standard InChI is InChI=1S/C15H14ClIN2O2/c1-2-21-15(20)10-4-3-5-13(14(10)18)19-12-7-6-9(17)8-11(12)16/h3-8,19H,2,18H2,1H3. The molecule has 0 aromatic heterocycles. The summed E-state index contributed by atoms with van der Waals surface area (Å²) in [6.45, 7) is 2.06. The van der Waals surface area contributed by atoms with Gasteiger partial charge in [0.05, 0.1) is 34.3 Å². The van der Waals surface area contributed by atoms with E-state index < -0.39 is 5.97 Å². The number of nitrogens with one attached hydrogen (secondary N) is 1. The second-order valence-electron chi connectivity index (χ2n) is 4.24. The number of para-hydroxylation sites is 1. The van der Waals surface area contributed by atoms with Crippen molar-refractivity contribution in [3.8, 4) is 0 Å². The molecule has 0 saturated carbocycles. The van der Waals surface area contributed by atoms with E-state index in [4.69, 9.17) is 22.1 Å². The Labute approximate surface area is 141 Å². The van der Waals surface area contributed by atoms with Crippen LogP contribution in [0.2, 0.25) is 5.02 Å². The van der Waals surface area contributed by atoms with Crippen LogP contribution in [0.1, 0.15) is 17.3 Å². The Hall–Kier alpha value is -1.47. The van der Waals surface area contributed by atoms with E-state index in [1.807, 2.05) is 18.2 Å². The molecule has 0 amide bonds. The van der Waals surface area contributed by atoms with Gasteiger partial charge < -0.3 is 15.8 Å². The van der Waals surface area contributed by atoms with E-state index in [9.17, 15) is 4.79 Å². The Balaban J connectivity index is 2.32. The molecule has 2 rings (SSSR count). The third kappa shape index (κ3) is 3.79. The van der Waals surface area contributed by atoms with Crippen LogP contribution in [0.3, 0.4) is 0 Å². The average Bonchev–Trinajstić information content (AvgIpc) is 2.44. The number of esters is 1. The minimum Gasteiger partial charge on any atom is -0.462 e. The van der Waals surface area contributed by atoms with Crippen molar-refractivity contribution in [3.05, 3.63) is 50.6 Å². The summed E-state index contributed by atoms with van der Waals surface area (Å²) < 4.78 is 6.02. The van der Waals surface area contributed by atoms with Crippen LogP contribution in [-0.4, -0.2) is 12.6 Å². The lowest BCUT2D eigenvalue weighted by molar-refractivity contribution is 0.0527. The summed E-state index contributed by atoms with van der Waals surface area (Å²) in [7, 11) is 0. The van der Waals surface area contributed by atoms with Crippen LogP contribution >= 0.6 is 34.2 Å². The Morgan fingerprint density at radius 2 is 2.10 bits per heavy atom. The monoisotopic (exact) mass is 416 g/mol. The number of hydrogen-bond donors (Lipinski definition) is 2. The molecule has 0 fully saturated rings. The molecule has 110 valence electrons. The fraction of sp³-hybridized carbons (Fsp3) is 0.133. The molecule has 0 aliphatic carbocycles. The second-order valence-corrected chi connectivity index (χ2v) is 5.89. The molecule has 21 heavy (non-hydrogen) atoms. The van der Waals surface area contributed by atoms with Crippen LogP contribution in [-0.2, 0) is 4.74 Å². The number of nitrogen functional groups attached to an aromatic ring is 1. The smallest absolute Gasteiger partial charge is 0.340 e. The number of nitrogens with two attached hydrogens (primary N) is 1. The molecule has 0 unspecified atom stereocenters. The van der Waals surface area contributed by atoms with Crippen LogP contribution in [0.4, 0.5) is 17.1 Å². The molecule has 0 bridgehead atoms. The van der Waals surface area contributed by atoms with Crippen molar-refractivity contribution < 1.29 is 9.53 Å². The summed E-state index contributed by atoms with van der Waals surface area (Å²) in [5.41, 5.74) is 8.05. The van der Waals surface area contributed by atoms with Crippen molar-refractivity contribution in [2.45, 2.75) is 6.92 Å². The molecule has 0 spiro atoms. The van der Waals surface area contributed by atoms with E-state index in [2.05, 4.69) is 27.9 Å². The normalized spacial score (nSPS) is 10.2. The lowest BCUT2D eigenvalue weighted by Crippen LogP contribution is -2.09. The van der Waals surface area contributed by atoms with Gasteiger partial charge in [-0.05, 0) is 59.8 Å². The van der Waals surface area contributed by atoms with E-state index in [0.717, 1.165) is 9.26 Å². The van der Waals surface area contributed by atoms with Crippen LogP contribution in [0.5, 0.6) is 0 Å². The lowest BCUT2D eigenvalue weighted by Gasteiger charge is -2.13. The maximum Gasteiger partial charge on any atom is 0.340 e. The zero-order chi connectivity index (χ0) is 15.4. The van der Waals surface area contributed by atoms with Gasteiger partial charge >= 0.3 is 5.97 Å². The van der Waals surface area contributed by atoms with Gasteiger partial charge in [-0.15, -0.1) is 0 Å². The molecule has 2 aromatic carbocycles. The highest BCUT2D eigenvalue weighted by Crippen LogP contribution is 2.31. The number of halogens is 2. The fourth-order valence-electron chi connectivity index (χ4n) is 1.80.